The summed E-state index contributed by atoms with van der Waals surface area (Å²) >= 11 is 0. The lowest BCUT2D eigenvalue weighted by Crippen LogP contribution is -2.01. The van der Waals surface area contributed by atoms with Crippen LogP contribution in [0, 0.1) is 0 Å². The first-order chi connectivity index (χ1) is 17.4. The maximum atomic E-state index is 4.73. The third kappa shape index (κ3) is 4.07. The third-order valence-electron chi connectivity index (χ3n) is 6.31. The van der Waals surface area contributed by atoms with Gasteiger partial charge in [-0.2, -0.15) is 5.10 Å². The average molecular weight is 449 g/mol. The highest BCUT2D eigenvalue weighted by Gasteiger charge is 2.20. The molecule has 166 valence electrons. The molecule has 1 aromatic heterocycles. The van der Waals surface area contributed by atoms with Gasteiger partial charge < -0.3 is 0 Å². The number of nitrogens with zero attached hydrogens (tertiary/aromatic N) is 2. The number of hydrogen-bond donors (Lipinski definition) is 0. The maximum absolute atomic E-state index is 4.73. The van der Waals surface area contributed by atoms with Gasteiger partial charge in [-0.25, -0.2) is 4.68 Å². The Balaban J connectivity index is 1.71. The SMILES string of the molecule is c1ccc(-c2cc(-c3ccccc3)c(-c3ccnn3-c3ccccc3)c(-c3ccccc3)c2)cc1. The minimum Gasteiger partial charge on any atom is -0.233 e. The van der Waals surface area contributed by atoms with Crippen molar-refractivity contribution in [3.8, 4) is 50.3 Å². The standard InChI is InChI=1S/C33H24N2/c1-5-13-25(14-6-1)28-23-30(26-15-7-2-8-16-26)33(31(24-28)27-17-9-3-10-18-27)32-21-22-34-35(32)29-19-11-4-12-20-29/h1-24H. The van der Waals surface area contributed by atoms with Gasteiger partial charge in [0.15, 0.2) is 0 Å². The molecule has 2 nitrogen and oxygen atoms in total. The second-order valence-corrected chi connectivity index (χ2v) is 8.51. The second-order valence-electron chi connectivity index (χ2n) is 8.51. The van der Waals surface area contributed by atoms with Crippen LogP contribution in [0.2, 0.25) is 0 Å². The quantitative estimate of drug-likeness (QED) is 0.258. The predicted molar refractivity (Wildman–Crippen MR) is 145 cm³/mol. The molecule has 0 aliphatic carbocycles. The van der Waals surface area contributed by atoms with E-state index in [0.29, 0.717) is 0 Å². The summed E-state index contributed by atoms with van der Waals surface area (Å²) in [4.78, 5) is 0. The number of hydrogen-bond acceptors (Lipinski definition) is 1. The van der Waals surface area contributed by atoms with Crippen molar-refractivity contribution in [1.82, 2.24) is 9.78 Å². The van der Waals surface area contributed by atoms with E-state index in [0.717, 1.165) is 11.4 Å². The van der Waals surface area contributed by atoms with Crippen LogP contribution in [0.15, 0.2) is 146 Å². The van der Waals surface area contributed by atoms with Gasteiger partial charge in [0, 0.05) is 5.56 Å². The fraction of sp³-hybridized carbons (Fsp3) is 0. The maximum Gasteiger partial charge on any atom is 0.0753 e. The summed E-state index contributed by atoms with van der Waals surface area (Å²) < 4.78 is 2.04. The van der Waals surface area contributed by atoms with E-state index in [-0.39, 0.29) is 0 Å². The van der Waals surface area contributed by atoms with Gasteiger partial charge in [-0.15, -0.1) is 0 Å². The lowest BCUT2D eigenvalue weighted by atomic mass is 9.86. The first kappa shape index (κ1) is 20.9. The highest BCUT2D eigenvalue weighted by Crippen LogP contribution is 2.43. The Morgan fingerprint density at radius 3 is 1.40 bits per heavy atom. The lowest BCUT2D eigenvalue weighted by molar-refractivity contribution is 0.888. The molecule has 0 N–H and O–H groups in total. The fourth-order valence-corrected chi connectivity index (χ4v) is 4.67. The van der Waals surface area contributed by atoms with Gasteiger partial charge in [-0.3, -0.25) is 0 Å². The summed E-state index contributed by atoms with van der Waals surface area (Å²) in [7, 11) is 0. The lowest BCUT2D eigenvalue weighted by Gasteiger charge is -2.20. The Morgan fingerprint density at radius 1 is 0.429 bits per heavy atom. The molecule has 0 saturated heterocycles. The summed E-state index contributed by atoms with van der Waals surface area (Å²) in [5.41, 5.74) is 10.4. The summed E-state index contributed by atoms with van der Waals surface area (Å²) in [6.07, 6.45) is 1.89. The van der Waals surface area contributed by atoms with Crippen molar-refractivity contribution in [2.75, 3.05) is 0 Å². The van der Waals surface area contributed by atoms with Crippen molar-refractivity contribution >= 4 is 0 Å². The number of aromatic nitrogens is 2. The van der Waals surface area contributed by atoms with Crippen molar-refractivity contribution in [2.24, 2.45) is 0 Å². The van der Waals surface area contributed by atoms with E-state index >= 15 is 0 Å². The number of para-hydroxylation sites is 1. The minimum atomic E-state index is 1.04. The Labute approximate surface area is 205 Å². The Bertz CT molecular complexity index is 1490. The average Bonchev–Trinajstić information content (AvgIpc) is 3.44. The van der Waals surface area contributed by atoms with Gasteiger partial charge in [0.1, 0.15) is 0 Å². The zero-order valence-corrected chi connectivity index (χ0v) is 19.3. The van der Waals surface area contributed by atoms with Gasteiger partial charge in [-0.05, 0) is 63.7 Å². The highest BCUT2D eigenvalue weighted by molar-refractivity contribution is 5.97. The normalized spacial score (nSPS) is 10.9. The molecule has 35 heavy (non-hydrogen) atoms. The van der Waals surface area contributed by atoms with Crippen molar-refractivity contribution in [3.63, 3.8) is 0 Å². The molecule has 5 aromatic carbocycles. The van der Waals surface area contributed by atoms with Crippen LogP contribution in [0.25, 0.3) is 50.3 Å². The Hall–Kier alpha value is -4.69. The molecule has 6 rings (SSSR count). The van der Waals surface area contributed by atoms with Crippen LogP contribution in [-0.2, 0) is 0 Å². The topological polar surface area (TPSA) is 17.8 Å². The molecule has 0 amide bonds. The van der Waals surface area contributed by atoms with Gasteiger partial charge >= 0.3 is 0 Å². The Kier molecular flexibility index (Phi) is 5.54. The van der Waals surface area contributed by atoms with Crippen LogP contribution >= 0.6 is 0 Å². The molecule has 0 fully saturated rings. The van der Waals surface area contributed by atoms with Crippen molar-refractivity contribution in [1.29, 1.82) is 0 Å². The molecule has 0 spiro atoms. The predicted octanol–water partition coefficient (Wildman–Crippen LogP) is 8.54. The van der Waals surface area contributed by atoms with Crippen LogP contribution in [0.3, 0.4) is 0 Å². The molecule has 0 unspecified atom stereocenters. The summed E-state index contributed by atoms with van der Waals surface area (Å²) in [5.74, 6) is 0. The van der Waals surface area contributed by atoms with E-state index in [4.69, 9.17) is 5.10 Å². The van der Waals surface area contributed by atoms with Gasteiger partial charge in [0.25, 0.3) is 0 Å². The summed E-state index contributed by atoms with van der Waals surface area (Å²) in [5, 5.41) is 4.73. The second kappa shape index (κ2) is 9.28. The van der Waals surface area contributed by atoms with Crippen LogP contribution in [0.1, 0.15) is 0 Å². The van der Waals surface area contributed by atoms with Crippen LogP contribution in [0.5, 0.6) is 0 Å². The first-order valence-corrected chi connectivity index (χ1v) is 11.8. The fourth-order valence-electron chi connectivity index (χ4n) is 4.67. The number of rotatable bonds is 5. The van der Waals surface area contributed by atoms with Gasteiger partial charge in [0.2, 0.25) is 0 Å². The number of benzene rings is 5. The van der Waals surface area contributed by atoms with Crippen molar-refractivity contribution in [3.05, 3.63) is 146 Å². The molecular weight excluding hydrogens is 424 g/mol. The van der Waals surface area contributed by atoms with E-state index in [1.807, 2.05) is 16.9 Å². The smallest absolute Gasteiger partial charge is 0.0753 e. The van der Waals surface area contributed by atoms with E-state index in [1.165, 1.54) is 38.9 Å². The van der Waals surface area contributed by atoms with Gasteiger partial charge in [-0.1, -0.05) is 109 Å². The molecular formula is C33H24N2. The first-order valence-electron chi connectivity index (χ1n) is 11.8. The largest absolute Gasteiger partial charge is 0.233 e. The Morgan fingerprint density at radius 2 is 0.886 bits per heavy atom. The zero-order chi connectivity index (χ0) is 23.5. The van der Waals surface area contributed by atoms with Gasteiger partial charge in [0.05, 0.1) is 17.6 Å². The molecule has 6 aromatic rings. The summed E-state index contributed by atoms with van der Waals surface area (Å²) in [6, 6.07) is 49.0. The van der Waals surface area contributed by atoms with E-state index in [2.05, 4.69) is 133 Å². The van der Waals surface area contributed by atoms with Crippen molar-refractivity contribution < 1.29 is 0 Å². The minimum absolute atomic E-state index is 1.04. The molecule has 0 aliphatic rings. The molecule has 0 bridgehead atoms. The van der Waals surface area contributed by atoms with Crippen LogP contribution in [0.4, 0.5) is 0 Å². The zero-order valence-electron chi connectivity index (χ0n) is 19.3. The highest BCUT2D eigenvalue weighted by atomic mass is 15.3. The van der Waals surface area contributed by atoms with E-state index < -0.39 is 0 Å². The van der Waals surface area contributed by atoms with Crippen LogP contribution < -0.4 is 0 Å². The van der Waals surface area contributed by atoms with Crippen LogP contribution in [-0.4, -0.2) is 9.78 Å². The molecule has 0 atom stereocenters. The van der Waals surface area contributed by atoms with Crippen molar-refractivity contribution in [2.45, 2.75) is 0 Å². The molecule has 2 heteroatoms. The molecule has 0 radical (unpaired) electrons. The third-order valence-corrected chi connectivity index (χ3v) is 6.31. The molecule has 1 heterocycles. The summed E-state index contributed by atoms with van der Waals surface area (Å²) in [6.45, 7) is 0. The monoisotopic (exact) mass is 448 g/mol. The molecule has 0 saturated carbocycles. The van der Waals surface area contributed by atoms with E-state index in [1.54, 1.807) is 0 Å². The van der Waals surface area contributed by atoms with E-state index in [9.17, 15) is 0 Å². The molecule has 0 aliphatic heterocycles.